The van der Waals surface area contributed by atoms with E-state index in [4.69, 9.17) is 9.84 Å². The zero-order valence-corrected chi connectivity index (χ0v) is 11.5. The Morgan fingerprint density at radius 1 is 1.53 bits per heavy atom. The zero-order chi connectivity index (χ0) is 14.0. The minimum absolute atomic E-state index is 0.143. The van der Waals surface area contributed by atoms with Crippen molar-refractivity contribution in [3.8, 4) is 0 Å². The van der Waals surface area contributed by atoms with E-state index in [0.29, 0.717) is 17.1 Å². The number of hydrogen-bond acceptors (Lipinski definition) is 6. The lowest BCUT2D eigenvalue weighted by Gasteiger charge is -2.28. The number of amides is 1. The standard InChI is InChI=1S/C11H15N3O4S/c1-3-14(8-5-18-4-7(8)11(16)17)10(15)9-6(2)12-13-19-9/h7-8H,3-5H2,1-2H3,(H,16,17). The average molecular weight is 285 g/mol. The number of ether oxygens (including phenoxy) is 1. The first kappa shape index (κ1) is 13.9. The number of carboxylic acid groups (broad SMARTS) is 1. The SMILES string of the molecule is CCN(C(=O)c1snnc1C)C1COCC1C(=O)O. The van der Waals surface area contributed by atoms with Crippen LogP contribution in [0.15, 0.2) is 0 Å². The summed E-state index contributed by atoms with van der Waals surface area (Å²) in [6.45, 7) is 4.35. The Morgan fingerprint density at radius 3 is 2.79 bits per heavy atom. The highest BCUT2D eigenvalue weighted by atomic mass is 32.1. The van der Waals surface area contributed by atoms with Crippen LogP contribution in [0.3, 0.4) is 0 Å². The van der Waals surface area contributed by atoms with E-state index < -0.39 is 17.9 Å². The normalized spacial score (nSPS) is 22.4. The molecule has 1 saturated heterocycles. The molecule has 1 aliphatic rings. The van der Waals surface area contributed by atoms with Gasteiger partial charge in [-0.25, -0.2) is 0 Å². The number of aryl methyl sites for hydroxylation is 1. The summed E-state index contributed by atoms with van der Waals surface area (Å²) in [5.74, 6) is -1.84. The van der Waals surface area contributed by atoms with Gasteiger partial charge in [0.25, 0.3) is 5.91 Å². The Morgan fingerprint density at radius 2 is 2.26 bits per heavy atom. The van der Waals surface area contributed by atoms with Crippen molar-refractivity contribution in [3.63, 3.8) is 0 Å². The van der Waals surface area contributed by atoms with Gasteiger partial charge in [-0.15, -0.1) is 5.10 Å². The second-order valence-electron chi connectivity index (χ2n) is 4.33. The van der Waals surface area contributed by atoms with Gasteiger partial charge >= 0.3 is 5.97 Å². The summed E-state index contributed by atoms with van der Waals surface area (Å²) in [6, 6.07) is -0.434. The topological polar surface area (TPSA) is 92.6 Å². The van der Waals surface area contributed by atoms with E-state index in [0.717, 1.165) is 11.5 Å². The van der Waals surface area contributed by atoms with Crippen LogP contribution < -0.4 is 0 Å². The van der Waals surface area contributed by atoms with Crippen molar-refractivity contribution < 1.29 is 19.4 Å². The predicted molar refractivity (Wildman–Crippen MR) is 67.1 cm³/mol. The molecule has 1 fully saturated rings. The molecule has 1 aromatic rings. The molecule has 104 valence electrons. The summed E-state index contributed by atoms with van der Waals surface area (Å²) in [6.07, 6.45) is 0. The zero-order valence-electron chi connectivity index (χ0n) is 10.7. The number of nitrogens with zero attached hydrogens (tertiary/aromatic N) is 3. The molecule has 1 aromatic heterocycles. The molecule has 0 radical (unpaired) electrons. The van der Waals surface area contributed by atoms with Crippen LogP contribution >= 0.6 is 11.5 Å². The van der Waals surface area contributed by atoms with Crippen LogP contribution in [0.1, 0.15) is 22.3 Å². The lowest BCUT2D eigenvalue weighted by Crippen LogP contribution is -2.46. The average Bonchev–Trinajstić information content (AvgIpc) is 2.98. The van der Waals surface area contributed by atoms with Gasteiger partial charge in [0.15, 0.2) is 0 Å². The molecular weight excluding hydrogens is 270 g/mol. The number of likely N-dealkylation sites (N-methyl/N-ethyl adjacent to an activating group) is 1. The first-order valence-corrected chi connectivity index (χ1v) is 6.74. The Labute approximate surface area is 114 Å². The van der Waals surface area contributed by atoms with Crippen LogP contribution in [0, 0.1) is 12.8 Å². The highest BCUT2D eigenvalue weighted by molar-refractivity contribution is 7.07. The largest absolute Gasteiger partial charge is 0.481 e. The van der Waals surface area contributed by atoms with Gasteiger partial charge in [0.1, 0.15) is 10.8 Å². The molecule has 0 saturated carbocycles. The van der Waals surface area contributed by atoms with Crippen molar-refractivity contribution in [2.75, 3.05) is 19.8 Å². The van der Waals surface area contributed by atoms with Gasteiger partial charge < -0.3 is 14.7 Å². The first-order valence-electron chi connectivity index (χ1n) is 5.96. The third-order valence-electron chi connectivity index (χ3n) is 3.22. The molecule has 1 N–H and O–H groups in total. The third-order valence-corrected chi connectivity index (χ3v) is 4.03. The summed E-state index contributed by atoms with van der Waals surface area (Å²) in [5.41, 5.74) is 0.569. The first-order chi connectivity index (χ1) is 9.06. The molecule has 7 nitrogen and oxygen atoms in total. The van der Waals surface area contributed by atoms with Crippen LogP contribution in [0.2, 0.25) is 0 Å². The molecule has 8 heteroatoms. The van der Waals surface area contributed by atoms with Crippen LogP contribution in [-0.4, -0.2) is 57.3 Å². The predicted octanol–water partition coefficient (Wildman–Crippen LogP) is 0.408. The fraction of sp³-hybridized carbons (Fsp3) is 0.636. The fourth-order valence-electron chi connectivity index (χ4n) is 2.17. The van der Waals surface area contributed by atoms with Gasteiger partial charge in [-0.3, -0.25) is 9.59 Å². The van der Waals surface area contributed by atoms with Crippen LogP contribution in [0.25, 0.3) is 0 Å². The van der Waals surface area contributed by atoms with Crippen molar-refractivity contribution in [1.82, 2.24) is 14.5 Å². The van der Waals surface area contributed by atoms with E-state index in [1.807, 2.05) is 6.92 Å². The molecular formula is C11H15N3O4S. The second kappa shape index (κ2) is 5.62. The maximum Gasteiger partial charge on any atom is 0.311 e. The molecule has 2 atom stereocenters. The minimum atomic E-state index is -0.937. The highest BCUT2D eigenvalue weighted by Crippen LogP contribution is 2.23. The van der Waals surface area contributed by atoms with E-state index >= 15 is 0 Å². The quantitative estimate of drug-likeness (QED) is 0.861. The van der Waals surface area contributed by atoms with Crippen molar-refractivity contribution in [2.24, 2.45) is 5.92 Å². The number of hydrogen-bond donors (Lipinski definition) is 1. The summed E-state index contributed by atoms with van der Waals surface area (Å²) < 4.78 is 8.95. The summed E-state index contributed by atoms with van der Waals surface area (Å²) in [5, 5.41) is 13.0. The van der Waals surface area contributed by atoms with E-state index in [1.54, 1.807) is 6.92 Å². The molecule has 1 aliphatic heterocycles. The number of aliphatic carboxylic acids is 1. The second-order valence-corrected chi connectivity index (χ2v) is 5.08. The van der Waals surface area contributed by atoms with Crippen LogP contribution in [0.4, 0.5) is 0 Å². The maximum atomic E-state index is 12.4. The van der Waals surface area contributed by atoms with E-state index in [-0.39, 0.29) is 19.1 Å². The number of carbonyl (C=O) groups is 2. The van der Waals surface area contributed by atoms with Gasteiger partial charge in [0, 0.05) is 6.54 Å². The van der Waals surface area contributed by atoms with Crippen LogP contribution in [-0.2, 0) is 9.53 Å². The van der Waals surface area contributed by atoms with Crippen molar-refractivity contribution >= 4 is 23.4 Å². The van der Waals surface area contributed by atoms with E-state index in [1.165, 1.54) is 4.90 Å². The van der Waals surface area contributed by atoms with Crippen molar-refractivity contribution in [3.05, 3.63) is 10.6 Å². The Bertz CT molecular complexity index is 490. The molecule has 2 rings (SSSR count). The van der Waals surface area contributed by atoms with Gasteiger partial charge in [-0.1, -0.05) is 4.49 Å². The molecule has 2 heterocycles. The van der Waals surface area contributed by atoms with Gasteiger partial charge in [-0.05, 0) is 25.4 Å². The maximum absolute atomic E-state index is 12.4. The molecule has 0 spiro atoms. The number of aromatic nitrogens is 2. The highest BCUT2D eigenvalue weighted by Gasteiger charge is 2.40. The monoisotopic (exact) mass is 285 g/mol. The number of carbonyl (C=O) groups excluding carboxylic acids is 1. The summed E-state index contributed by atoms with van der Waals surface area (Å²) in [7, 11) is 0. The van der Waals surface area contributed by atoms with Gasteiger partial charge in [-0.2, -0.15) is 0 Å². The smallest absolute Gasteiger partial charge is 0.311 e. The number of rotatable bonds is 4. The van der Waals surface area contributed by atoms with Gasteiger partial charge in [0.2, 0.25) is 0 Å². The van der Waals surface area contributed by atoms with Gasteiger partial charge in [0.05, 0.1) is 24.9 Å². The Hall–Kier alpha value is -1.54. The van der Waals surface area contributed by atoms with E-state index in [9.17, 15) is 9.59 Å². The third kappa shape index (κ3) is 2.59. The molecule has 0 bridgehead atoms. The summed E-state index contributed by atoms with van der Waals surface area (Å²) in [4.78, 5) is 25.6. The molecule has 19 heavy (non-hydrogen) atoms. The molecule has 1 amide bonds. The molecule has 2 unspecified atom stereocenters. The molecule has 0 aromatic carbocycles. The fourth-order valence-corrected chi connectivity index (χ4v) is 2.79. The molecule has 0 aliphatic carbocycles. The Kier molecular flexibility index (Phi) is 4.11. The number of carboxylic acids is 1. The van der Waals surface area contributed by atoms with Crippen molar-refractivity contribution in [2.45, 2.75) is 19.9 Å². The lowest BCUT2D eigenvalue weighted by atomic mass is 10.0. The minimum Gasteiger partial charge on any atom is -0.481 e. The summed E-state index contributed by atoms with van der Waals surface area (Å²) >= 11 is 1.03. The lowest BCUT2D eigenvalue weighted by molar-refractivity contribution is -0.142. The van der Waals surface area contributed by atoms with Crippen molar-refractivity contribution in [1.29, 1.82) is 0 Å². The Balaban J connectivity index is 2.23. The van der Waals surface area contributed by atoms with E-state index in [2.05, 4.69) is 9.59 Å². The van der Waals surface area contributed by atoms with Crippen LogP contribution in [0.5, 0.6) is 0 Å².